The summed E-state index contributed by atoms with van der Waals surface area (Å²) in [7, 11) is 0. The predicted molar refractivity (Wildman–Crippen MR) is 131 cm³/mol. The number of alkyl halides is 1. The number of aromatic nitrogens is 3. The summed E-state index contributed by atoms with van der Waals surface area (Å²) < 4.78 is 1.97. The first-order valence-corrected chi connectivity index (χ1v) is 11.8. The number of aryl methyl sites for hydroxylation is 1. The molecule has 3 heterocycles. The molecule has 1 atom stereocenters. The van der Waals surface area contributed by atoms with Crippen LogP contribution in [0.5, 0.6) is 0 Å². The molecule has 2 amide bonds. The summed E-state index contributed by atoms with van der Waals surface area (Å²) in [5, 5.41) is 3.50. The number of nitrogens with zero attached hydrogens (tertiary/aromatic N) is 4. The van der Waals surface area contributed by atoms with Crippen molar-refractivity contribution < 1.29 is 9.59 Å². The first-order valence-electron chi connectivity index (χ1n) is 10.9. The van der Waals surface area contributed by atoms with Gasteiger partial charge in [-0.2, -0.15) is 0 Å². The maximum Gasteiger partial charge on any atom is 0.258 e. The van der Waals surface area contributed by atoms with Crippen molar-refractivity contribution in [1.82, 2.24) is 19.4 Å². The van der Waals surface area contributed by atoms with Crippen molar-refractivity contribution in [3.05, 3.63) is 65.0 Å². The third-order valence-electron chi connectivity index (χ3n) is 5.72. The lowest BCUT2D eigenvalue weighted by atomic mass is 10.1. The second-order valence-electron chi connectivity index (χ2n) is 8.04. The van der Waals surface area contributed by atoms with E-state index >= 15 is 0 Å². The second-order valence-corrected chi connectivity index (χ2v) is 8.76. The molecular formula is C24H25Cl2N5O2. The number of hydrogen-bond acceptors (Lipinski definition) is 4. The highest BCUT2D eigenvalue weighted by Crippen LogP contribution is 2.34. The van der Waals surface area contributed by atoms with Gasteiger partial charge in [-0.25, -0.2) is 4.98 Å². The van der Waals surface area contributed by atoms with Gasteiger partial charge in [-0.15, -0.1) is 11.6 Å². The molecule has 4 rings (SSSR count). The largest absolute Gasteiger partial charge is 0.337 e. The molecule has 9 heteroatoms. The van der Waals surface area contributed by atoms with Gasteiger partial charge in [0, 0.05) is 42.5 Å². The molecule has 1 N–H and O–H groups in total. The number of para-hydroxylation sites is 1. The zero-order valence-corrected chi connectivity index (χ0v) is 19.8. The Morgan fingerprint density at radius 3 is 2.91 bits per heavy atom. The average Bonchev–Trinajstić information content (AvgIpc) is 2.99. The number of allylic oxidation sites excluding steroid dienone is 1. The molecule has 1 aliphatic rings. The SMILES string of the molecule is Cc1cc(C(=O)Nc2nc3cccc(Cl)c3n2C2CCCCN(C(=O)C=CCCl)C2)ccn1. The molecule has 1 fully saturated rings. The Labute approximate surface area is 202 Å². The molecule has 0 saturated carbocycles. The highest BCUT2D eigenvalue weighted by atomic mass is 35.5. The fraction of sp³-hybridized carbons (Fsp3) is 0.333. The van der Waals surface area contributed by atoms with Crippen molar-refractivity contribution in [1.29, 1.82) is 0 Å². The lowest BCUT2D eigenvalue weighted by molar-refractivity contribution is -0.126. The summed E-state index contributed by atoms with van der Waals surface area (Å²) in [5.41, 5.74) is 2.68. The van der Waals surface area contributed by atoms with Crippen molar-refractivity contribution in [3.63, 3.8) is 0 Å². The van der Waals surface area contributed by atoms with E-state index < -0.39 is 0 Å². The number of carbonyl (C=O) groups is 2. The van der Waals surface area contributed by atoms with Gasteiger partial charge in [-0.1, -0.05) is 23.7 Å². The number of benzene rings is 1. The van der Waals surface area contributed by atoms with Gasteiger partial charge in [0.05, 0.1) is 22.1 Å². The van der Waals surface area contributed by atoms with E-state index in [1.54, 1.807) is 24.4 Å². The quantitative estimate of drug-likeness (QED) is 0.407. The van der Waals surface area contributed by atoms with Crippen LogP contribution >= 0.6 is 23.2 Å². The third-order valence-corrected chi connectivity index (χ3v) is 6.20. The second kappa shape index (κ2) is 10.4. The van der Waals surface area contributed by atoms with Crippen LogP contribution < -0.4 is 5.32 Å². The lowest BCUT2D eigenvalue weighted by Gasteiger charge is -2.26. The van der Waals surface area contributed by atoms with E-state index in [-0.39, 0.29) is 23.7 Å². The van der Waals surface area contributed by atoms with Crippen LogP contribution in [-0.4, -0.2) is 50.2 Å². The van der Waals surface area contributed by atoms with E-state index in [1.165, 1.54) is 6.08 Å². The van der Waals surface area contributed by atoms with Crippen LogP contribution in [0.2, 0.25) is 5.02 Å². The highest BCUT2D eigenvalue weighted by Gasteiger charge is 2.27. The monoisotopic (exact) mass is 485 g/mol. The van der Waals surface area contributed by atoms with Gasteiger partial charge in [0.1, 0.15) is 0 Å². The number of imidazole rings is 1. The van der Waals surface area contributed by atoms with E-state index in [2.05, 4.69) is 15.3 Å². The van der Waals surface area contributed by atoms with E-state index in [0.717, 1.165) is 30.5 Å². The number of carbonyl (C=O) groups excluding carboxylic acids is 2. The van der Waals surface area contributed by atoms with Gasteiger partial charge in [0.15, 0.2) is 0 Å². The van der Waals surface area contributed by atoms with Gasteiger partial charge < -0.3 is 9.47 Å². The molecular weight excluding hydrogens is 461 g/mol. The van der Waals surface area contributed by atoms with Gasteiger partial charge >= 0.3 is 0 Å². The molecule has 3 aromatic rings. The average molecular weight is 486 g/mol. The number of likely N-dealkylation sites (tertiary alicyclic amines) is 1. The molecule has 1 aromatic carbocycles. The normalized spacial score (nSPS) is 16.8. The fourth-order valence-corrected chi connectivity index (χ4v) is 4.54. The summed E-state index contributed by atoms with van der Waals surface area (Å²) in [6.07, 6.45) is 7.44. The van der Waals surface area contributed by atoms with Crippen LogP contribution in [0.25, 0.3) is 11.0 Å². The maximum absolute atomic E-state index is 13.0. The molecule has 0 bridgehead atoms. The smallest absolute Gasteiger partial charge is 0.258 e. The topological polar surface area (TPSA) is 80.1 Å². The first-order chi connectivity index (χ1) is 16.0. The van der Waals surface area contributed by atoms with Crippen molar-refractivity contribution >= 4 is 52.0 Å². The lowest BCUT2D eigenvalue weighted by Crippen LogP contribution is -2.34. The van der Waals surface area contributed by atoms with E-state index in [0.29, 0.717) is 35.1 Å². The number of anilines is 1. The van der Waals surface area contributed by atoms with Gasteiger partial charge in [0.25, 0.3) is 5.91 Å². The van der Waals surface area contributed by atoms with Crippen LogP contribution in [0.15, 0.2) is 48.7 Å². The Kier molecular flexibility index (Phi) is 7.30. The Hall–Kier alpha value is -2.90. The number of halogens is 2. The molecule has 7 nitrogen and oxygen atoms in total. The minimum atomic E-state index is -0.278. The summed E-state index contributed by atoms with van der Waals surface area (Å²) in [6.45, 7) is 2.99. The van der Waals surface area contributed by atoms with Gasteiger partial charge in [-0.05, 0) is 50.5 Å². The third kappa shape index (κ3) is 5.20. The van der Waals surface area contributed by atoms with Crippen LogP contribution in [0.4, 0.5) is 5.95 Å². The van der Waals surface area contributed by atoms with E-state index in [1.807, 2.05) is 34.6 Å². The maximum atomic E-state index is 13.0. The molecule has 0 aliphatic carbocycles. The minimum absolute atomic E-state index is 0.0732. The molecule has 33 heavy (non-hydrogen) atoms. The zero-order valence-electron chi connectivity index (χ0n) is 18.3. The van der Waals surface area contributed by atoms with Crippen LogP contribution in [-0.2, 0) is 4.79 Å². The molecule has 172 valence electrons. The number of fused-ring (bicyclic) bond motifs is 1. The molecule has 1 saturated heterocycles. The van der Waals surface area contributed by atoms with Crippen molar-refractivity contribution in [2.75, 3.05) is 24.3 Å². The number of pyridine rings is 1. The first kappa shape index (κ1) is 23.3. The highest BCUT2D eigenvalue weighted by molar-refractivity contribution is 6.35. The van der Waals surface area contributed by atoms with Crippen molar-refractivity contribution in [3.8, 4) is 0 Å². The van der Waals surface area contributed by atoms with Gasteiger partial charge in [-0.3, -0.25) is 19.9 Å². The van der Waals surface area contributed by atoms with Crippen LogP contribution in [0.3, 0.4) is 0 Å². The van der Waals surface area contributed by atoms with Crippen LogP contribution in [0.1, 0.15) is 41.4 Å². The molecule has 0 spiro atoms. The summed E-state index contributed by atoms with van der Waals surface area (Å²) in [4.78, 5) is 36.4. The van der Waals surface area contributed by atoms with Crippen LogP contribution in [0, 0.1) is 6.92 Å². The summed E-state index contributed by atoms with van der Waals surface area (Å²) >= 11 is 12.3. The Morgan fingerprint density at radius 2 is 2.12 bits per heavy atom. The Morgan fingerprint density at radius 1 is 1.27 bits per heavy atom. The minimum Gasteiger partial charge on any atom is -0.337 e. The number of amides is 2. The summed E-state index contributed by atoms with van der Waals surface area (Å²) in [5.74, 6) is 0.346. The standard InChI is InChI=1S/C24H25Cl2N5O2/c1-16-14-17(10-12-27-16)23(33)29-24-28-20-8-4-7-19(26)22(20)31(24)18-6-2-3-13-30(15-18)21(32)9-5-11-25/h4-5,7-10,12,14,18H,2-3,6,11,13,15H2,1H3,(H,28,29,33). The molecule has 1 unspecified atom stereocenters. The number of hydrogen-bond donors (Lipinski definition) is 1. The predicted octanol–water partition coefficient (Wildman–Crippen LogP) is 4.99. The Balaban J connectivity index is 1.73. The van der Waals surface area contributed by atoms with E-state index in [9.17, 15) is 9.59 Å². The molecule has 1 aliphatic heterocycles. The molecule has 0 radical (unpaired) electrons. The summed E-state index contributed by atoms with van der Waals surface area (Å²) in [6, 6.07) is 8.80. The van der Waals surface area contributed by atoms with E-state index in [4.69, 9.17) is 23.2 Å². The number of nitrogens with one attached hydrogen (secondary N) is 1. The zero-order chi connectivity index (χ0) is 23.4. The molecule has 2 aromatic heterocycles. The Bertz CT molecular complexity index is 1210. The fourth-order valence-electron chi connectivity index (χ4n) is 4.19. The van der Waals surface area contributed by atoms with Crippen molar-refractivity contribution in [2.24, 2.45) is 0 Å². The van der Waals surface area contributed by atoms with Gasteiger partial charge in [0.2, 0.25) is 11.9 Å². The van der Waals surface area contributed by atoms with Crippen molar-refractivity contribution in [2.45, 2.75) is 32.2 Å². The number of rotatable bonds is 5.